The van der Waals surface area contributed by atoms with Crippen molar-refractivity contribution in [2.75, 3.05) is 39.4 Å². The van der Waals surface area contributed by atoms with Gasteiger partial charge in [0.1, 0.15) is 13.2 Å². The molecular weight excluding hydrogens is 354 g/mol. The largest absolute Gasteiger partial charge is 0.486 e. The van der Waals surface area contributed by atoms with Gasteiger partial charge in [-0.1, -0.05) is 6.07 Å². The van der Waals surface area contributed by atoms with Gasteiger partial charge in [0.2, 0.25) is 10.0 Å². The monoisotopic (exact) mass is 375 g/mol. The number of aromatic nitrogens is 1. The summed E-state index contributed by atoms with van der Waals surface area (Å²) < 4.78 is 38.4. The fourth-order valence-corrected chi connectivity index (χ4v) is 4.62. The van der Waals surface area contributed by atoms with Crippen molar-refractivity contribution in [3.63, 3.8) is 0 Å². The first kappa shape index (κ1) is 17.3. The average Bonchev–Trinajstić information content (AvgIpc) is 2.69. The fourth-order valence-electron chi connectivity index (χ4n) is 3.18. The van der Waals surface area contributed by atoms with Crippen LogP contribution in [0.2, 0.25) is 0 Å². The van der Waals surface area contributed by atoms with Crippen LogP contribution in [0, 0.1) is 0 Å². The van der Waals surface area contributed by atoms with E-state index in [2.05, 4.69) is 9.88 Å². The predicted molar refractivity (Wildman–Crippen MR) is 95.7 cm³/mol. The number of hydrogen-bond acceptors (Lipinski definition) is 6. The Bertz CT molecular complexity index is 865. The minimum Gasteiger partial charge on any atom is -0.486 e. The summed E-state index contributed by atoms with van der Waals surface area (Å²) in [6.45, 7) is 3.94. The summed E-state index contributed by atoms with van der Waals surface area (Å²) in [5.41, 5.74) is 0.996. The van der Waals surface area contributed by atoms with Gasteiger partial charge in [0.15, 0.2) is 11.5 Å². The van der Waals surface area contributed by atoms with E-state index in [1.165, 1.54) is 4.31 Å². The van der Waals surface area contributed by atoms with Crippen molar-refractivity contribution in [3.8, 4) is 11.5 Å². The smallest absolute Gasteiger partial charge is 0.243 e. The SMILES string of the molecule is O=S(=O)(c1ccc2c(c1)OCCO2)N1CCN(Cc2ccccn2)CC1. The summed E-state index contributed by atoms with van der Waals surface area (Å²) in [4.78, 5) is 6.80. The zero-order valence-electron chi connectivity index (χ0n) is 14.4. The fraction of sp³-hybridized carbons (Fsp3) is 0.389. The molecule has 1 fully saturated rings. The molecule has 0 radical (unpaired) electrons. The second kappa shape index (κ2) is 7.22. The molecule has 138 valence electrons. The van der Waals surface area contributed by atoms with Gasteiger partial charge in [-0.3, -0.25) is 9.88 Å². The third kappa shape index (κ3) is 3.53. The highest BCUT2D eigenvalue weighted by Crippen LogP contribution is 2.33. The van der Waals surface area contributed by atoms with Crippen LogP contribution in [0.3, 0.4) is 0 Å². The highest BCUT2D eigenvalue weighted by Gasteiger charge is 2.29. The van der Waals surface area contributed by atoms with E-state index < -0.39 is 10.0 Å². The maximum Gasteiger partial charge on any atom is 0.243 e. The third-order valence-corrected chi connectivity index (χ3v) is 6.49. The lowest BCUT2D eigenvalue weighted by molar-refractivity contribution is 0.170. The van der Waals surface area contributed by atoms with Crippen LogP contribution in [0.4, 0.5) is 0 Å². The molecule has 2 aromatic rings. The highest BCUT2D eigenvalue weighted by molar-refractivity contribution is 7.89. The number of nitrogens with zero attached hydrogens (tertiary/aromatic N) is 3. The molecule has 2 aliphatic heterocycles. The van der Waals surface area contributed by atoms with Gasteiger partial charge in [0, 0.05) is 45.0 Å². The number of rotatable bonds is 4. The maximum atomic E-state index is 12.9. The molecule has 0 spiro atoms. The first-order valence-corrected chi connectivity index (χ1v) is 10.1. The molecule has 0 saturated carbocycles. The van der Waals surface area contributed by atoms with Gasteiger partial charge in [-0.2, -0.15) is 4.31 Å². The molecule has 0 amide bonds. The zero-order chi connectivity index (χ0) is 18.0. The van der Waals surface area contributed by atoms with Crippen molar-refractivity contribution in [3.05, 3.63) is 48.3 Å². The average molecular weight is 375 g/mol. The Hall–Kier alpha value is -2.16. The summed E-state index contributed by atoms with van der Waals surface area (Å²) in [7, 11) is -3.54. The van der Waals surface area contributed by atoms with Gasteiger partial charge in [-0.15, -0.1) is 0 Å². The lowest BCUT2D eigenvalue weighted by Gasteiger charge is -2.33. The first-order chi connectivity index (χ1) is 12.6. The molecule has 2 aliphatic rings. The molecular formula is C18H21N3O4S. The highest BCUT2D eigenvalue weighted by atomic mass is 32.2. The van der Waals surface area contributed by atoms with Gasteiger partial charge >= 0.3 is 0 Å². The second-order valence-corrected chi connectivity index (χ2v) is 8.24. The molecule has 0 N–H and O–H groups in total. The molecule has 8 heteroatoms. The molecule has 0 bridgehead atoms. The number of ether oxygens (including phenoxy) is 2. The van der Waals surface area contributed by atoms with E-state index in [0.717, 1.165) is 12.2 Å². The standard InChI is InChI=1S/C18H21N3O4S/c22-26(23,16-4-5-17-18(13-16)25-12-11-24-17)21-9-7-20(8-10-21)14-15-3-1-2-6-19-15/h1-6,13H,7-12,14H2. The summed E-state index contributed by atoms with van der Waals surface area (Å²) in [5.74, 6) is 1.08. The molecule has 0 aliphatic carbocycles. The first-order valence-electron chi connectivity index (χ1n) is 8.65. The van der Waals surface area contributed by atoms with Crippen LogP contribution in [0.15, 0.2) is 47.5 Å². The van der Waals surface area contributed by atoms with E-state index in [1.54, 1.807) is 24.4 Å². The molecule has 1 aromatic heterocycles. The number of fused-ring (bicyclic) bond motifs is 1. The van der Waals surface area contributed by atoms with E-state index in [0.29, 0.717) is 50.9 Å². The van der Waals surface area contributed by atoms with Crippen LogP contribution >= 0.6 is 0 Å². The van der Waals surface area contributed by atoms with Crippen LogP contribution in [-0.4, -0.2) is 62.0 Å². The molecule has 7 nitrogen and oxygen atoms in total. The van der Waals surface area contributed by atoms with E-state index in [-0.39, 0.29) is 4.90 Å². The Morgan fingerprint density at radius 1 is 0.962 bits per heavy atom. The zero-order valence-corrected chi connectivity index (χ0v) is 15.2. The van der Waals surface area contributed by atoms with Gasteiger partial charge in [0.05, 0.1) is 10.6 Å². The Kier molecular flexibility index (Phi) is 4.80. The lowest BCUT2D eigenvalue weighted by Crippen LogP contribution is -2.48. The number of pyridine rings is 1. The van der Waals surface area contributed by atoms with Crippen LogP contribution in [0.5, 0.6) is 11.5 Å². The van der Waals surface area contributed by atoms with Crippen molar-refractivity contribution >= 4 is 10.0 Å². The number of benzene rings is 1. The van der Waals surface area contributed by atoms with Gasteiger partial charge < -0.3 is 9.47 Å². The second-order valence-electron chi connectivity index (χ2n) is 6.31. The molecule has 1 aromatic carbocycles. The summed E-state index contributed by atoms with van der Waals surface area (Å²) in [6, 6.07) is 10.6. The van der Waals surface area contributed by atoms with E-state index in [4.69, 9.17) is 9.47 Å². The van der Waals surface area contributed by atoms with Crippen molar-refractivity contribution in [1.82, 2.24) is 14.2 Å². The normalized spacial score (nSPS) is 18.6. The van der Waals surface area contributed by atoms with Crippen molar-refractivity contribution in [1.29, 1.82) is 0 Å². The lowest BCUT2D eigenvalue weighted by atomic mass is 10.3. The molecule has 26 heavy (non-hydrogen) atoms. The summed E-state index contributed by atoms with van der Waals surface area (Å²) in [5, 5.41) is 0. The van der Waals surface area contributed by atoms with E-state index in [9.17, 15) is 8.42 Å². The summed E-state index contributed by atoms with van der Waals surface area (Å²) >= 11 is 0. The topological polar surface area (TPSA) is 72.0 Å². The Morgan fingerprint density at radius 3 is 2.46 bits per heavy atom. The van der Waals surface area contributed by atoms with Crippen molar-refractivity contribution < 1.29 is 17.9 Å². The molecule has 1 saturated heterocycles. The quantitative estimate of drug-likeness (QED) is 0.804. The summed E-state index contributed by atoms with van der Waals surface area (Å²) in [6.07, 6.45) is 1.78. The van der Waals surface area contributed by atoms with Gasteiger partial charge in [-0.05, 0) is 24.3 Å². The minimum atomic E-state index is -3.54. The maximum absolute atomic E-state index is 12.9. The minimum absolute atomic E-state index is 0.250. The van der Waals surface area contributed by atoms with E-state index in [1.807, 2.05) is 18.2 Å². The van der Waals surface area contributed by atoms with Crippen molar-refractivity contribution in [2.24, 2.45) is 0 Å². The Morgan fingerprint density at radius 2 is 1.73 bits per heavy atom. The number of piperazine rings is 1. The molecule has 0 unspecified atom stereocenters. The number of sulfonamides is 1. The van der Waals surface area contributed by atoms with Gasteiger partial charge in [-0.25, -0.2) is 8.42 Å². The van der Waals surface area contributed by atoms with Gasteiger partial charge in [0.25, 0.3) is 0 Å². The van der Waals surface area contributed by atoms with Crippen LogP contribution in [0.25, 0.3) is 0 Å². The van der Waals surface area contributed by atoms with Crippen LogP contribution in [-0.2, 0) is 16.6 Å². The molecule has 4 rings (SSSR count). The number of hydrogen-bond donors (Lipinski definition) is 0. The predicted octanol–water partition coefficient (Wildman–Crippen LogP) is 1.36. The molecule has 0 atom stereocenters. The van der Waals surface area contributed by atoms with E-state index >= 15 is 0 Å². The van der Waals surface area contributed by atoms with Crippen molar-refractivity contribution in [2.45, 2.75) is 11.4 Å². The Labute approximate surface area is 153 Å². The third-order valence-electron chi connectivity index (χ3n) is 4.59. The Balaban J connectivity index is 1.43. The molecule has 3 heterocycles. The van der Waals surface area contributed by atoms with Crippen LogP contribution < -0.4 is 9.47 Å². The van der Waals surface area contributed by atoms with Crippen LogP contribution in [0.1, 0.15) is 5.69 Å².